The molecule has 0 aliphatic carbocycles. The third kappa shape index (κ3) is 20.7. The Morgan fingerprint density at radius 2 is 0.833 bits per heavy atom. The predicted molar refractivity (Wildman–Crippen MR) is 175 cm³/mol. The maximum absolute atomic E-state index is 10.1. The first-order valence-corrected chi connectivity index (χ1v) is 18.5. The van der Waals surface area contributed by atoms with Crippen molar-refractivity contribution >= 4 is 0 Å². The molecular formula is C36H72O6. The molecule has 0 amide bonds. The van der Waals surface area contributed by atoms with Crippen LogP contribution in [0.4, 0.5) is 0 Å². The van der Waals surface area contributed by atoms with Gasteiger partial charge in [-0.05, 0) is 13.3 Å². The zero-order valence-corrected chi connectivity index (χ0v) is 27.9. The van der Waals surface area contributed by atoms with E-state index in [4.69, 9.17) is 9.47 Å². The Kier molecular flexibility index (Phi) is 26.8. The number of ether oxygens (including phenoxy) is 2. The fraction of sp³-hybridized carbons (Fsp3) is 1.00. The summed E-state index contributed by atoms with van der Waals surface area (Å²) in [5.41, 5.74) is 0. The molecule has 4 N–H and O–H groups in total. The van der Waals surface area contributed by atoms with Crippen LogP contribution in [0.15, 0.2) is 0 Å². The number of unbranched alkanes of at least 4 members (excludes halogenated alkanes) is 25. The third-order valence-electron chi connectivity index (χ3n) is 9.18. The number of aliphatic hydroxyl groups excluding tert-OH is 4. The van der Waals surface area contributed by atoms with Crippen LogP contribution in [0.25, 0.3) is 0 Å². The predicted octanol–water partition coefficient (Wildman–Crippen LogP) is 8.74. The molecule has 1 fully saturated rings. The van der Waals surface area contributed by atoms with Gasteiger partial charge in [0.1, 0.15) is 24.4 Å². The van der Waals surface area contributed by atoms with E-state index in [-0.39, 0.29) is 6.10 Å². The largest absolute Gasteiger partial charge is 0.394 e. The smallest absolute Gasteiger partial charge is 0.186 e. The molecule has 6 nitrogen and oxygen atoms in total. The first kappa shape index (κ1) is 39.8. The summed E-state index contributed by atoms with van der Waals surface area (Å²) in [5, 5.41) is 39.1. The van der Waals surface area contributed by atoms with Crippen molar-refractivity contribution in [1.82, 2.24) is 0 Å². The zero-order valence-electron chi connectivity index (χ0n) is 27.9. The van der Waals surface area contributed by atoms with E-state index < -0.39 is 37.3 Å². The van der Waals surface area contributed by atoms with Crippen molar-refractivity contribution in [2.75, 3.05) is 6.61 Å². The molecule has 1 rings (SSSR count). The normalized spacial score (nSPS) is 23.4. The molecule has 0 bridgehead atoms. The molecule has 0 radical (unpaired) electrons. The summed E-state index contributed by atoms with van der Waals surface area (Å²) in [6, 6.07) is 0. The molecule has 0 aromatic carbocycles. The molecule has 0 aromatic rings. The SMILES string of the molecule is CCCCCCCCCCCCCCCCCCCCCCCCCCCC[C@H](C)O[C@@H]1O[C@H](CO)[C@@H](O)[C@H](O)[C@H]1O. The third-order valence-corrected chi connectivity index (χ3v) is 9.18. The minimum absolute atomic E-state index is 0.124. The summed E-state index contributed by atoms with van der Waals surface area (Å²) in [4.78, 5) is 0. The van der Waals surface area contributed by atoms with E-state index in [0.717, 1.165) is 12.8 Å². The van der Waals surface area contributed by atoms with Crippen molar-refractivity contribution in [3.8, 4) is 0 Å². The first-order chi connectivity index (χ1) is 20.5. The minimum Gasteiger partial charge on any atom is -0.394 e. The Balaban J connectivity index is 1.77. The molecule has 0 unspecified atom stereocenters. The molecular weight excluding hydrogens is 528 g/mol. The molecule has 1 heterocycles. The highest BCUT2D eigenvalue weighted by molar-refractivity contribution is 4.89. The molecule has 1 saturated heterocycles. The fourth-order valence-electron chi connectivity index (χ4n) is 6.22. The van der Waals surface area contributed by atoms with Gasteiger partial charge in [0.25, 0.3) is 0 Å². The lowest BCUT2D eigenvalue weighted by molar-refractivity contribution is -0.310. The zero-order chi connectivity index (χ0) is 30.7. The lowest BCUT2D eigenvalue weighted by Gasteiger charge is -2.40. The highest BCUT2D eigenvalue weighted by Gasteiger charge is 2.44. The molecule has 252 valence electrons. The van der Waals surface area contributed by atoms with E-state index in [1.54, 1.807) is 0 Å². The summed E-state index contributed by atoms with van der Waals surface area (Å²) in [6.45, 7) is 3.79. The standard InChI is InChI=1S/C36H72O6/c1-3-4-5-6-7-8-9-10-11-12-13-14-15-16-17-18-19-20-21-22-23-24-25-26-27-28-29-31(2)41-36-35(40)34(39)33(38)32(30-37)42-36/h31-40H,3-30H2,1-2H3/t31-,32+,33+,34-,35+,36+/m0/s1. The van der Waals surface area contributed by atoms with Gasteiger partial charge in [0, 0.05) is 0 Å². The van der Waals surface area contributed by atoms with E-state index in [2.05, 4.69) is 6.92 Å². The second-order valence-corrected chi connectivity index (χ2v) is 13.3. The Morgan fingerprint density at radius 3 is 1.17 bits per heavy atom. The van der Waals surface area contributed by atoms with Crippen LogP contribution in [0.2, 0.25) is 0 Å². The van der Waals surface area contributed by atoms with E-state index in [1.165, 1.54) is 161 Å². The van der Waals surface area contributed by atoms with Crippen LogP contribution in [0.1, 0.15) is 187 Å². The van der Waals surface area contributed by atoms with E-state index in [9.17, 15) is 20.4 Å². The van der Waals surface area contributed by atoms with Gasteiger partial charge in [0.05, 0.1) is 12.7 Å². The number of rotatable bonds is 30. The summed E-state index contributed by atoms with van der Waals surface area (Å²) < 4.78 is 11.2. The Bertz CT molecular complexity index is 559. The van der Waals surface area contributed by atoms with Crippen molar-refractivity contribution in [2.45, 2.75) is 224 Å². The average Bonchev–Trinajstić information content (AvgIpc) is 2.99. The fourth-order valence-corrected chi connectivity index (χ4v) is 6.22. The maximum atomic E-state index is 10.1. The molecule has 0 aromatic heterocycles. The van der Waals surface area contributed by atoms with Gasteiger partial charge >= 0.3 is 0 Å². The van der Waals surface area contributed by atoms with Crippen LogP contribution in [0.3, 0.4) is 0 Å². The average molecular weight is 601 g/mol. The second kappa shape index (κ2) is 28.2. The van der Waals surface area contributed by atoms with Crippen LogP contribution in [0, 0.1) is 0 Å². The molecule has 6 heteroatoms. The van der Waals surface area contributed by atoms with Gasteiger partial charge in [0.2, 0.25) is 0 Å². The lowest BCUT2D eigenvalue weighted by atomic mass is 9.99. The van der Waals surface area contributed by atoms with Crippen molar-refractivity contribution in [1.29, 1.82) is 0 Å². The van der Waals surface area contributed by atoms with Gasteiger partial charge < -0.3 is 29.9 Å². The van der Waals surface area contributed by atoms with Crippen LogP contribution < -0.4 is 0 Å². The highest BCUT2D eigenvalue weighted by Crippen LogP contribution is 2.24. The van der Waals surface area contributed by atoms with Crippen molar-refractivity contribution < 1.29 is 29.9 Å². The van der Waals surface area contributed by atoms with Crippen LogP contribution in [0.5, 0.6) is 0 Å². The van der Waals surface area contributed by atoms with Gasteiger partial charge in [-0.15, -0.1) is 0 Å². The number of hydrogen-bond donors (Lipinski definition) is 4. The van der Waals surface area contributed by atoms with E-state index >= 15 is 0 Å². The monoisotopic (exact) mass is 601 g/mol. The Hall–Kier alpha value is -0.240. The van der Waals surface area contributed by atoms with Gasteiger partial charge in [-0.2, -0.15) is 0 Å². The Labute approximate surface area is 260 Å². The van der Waals surface area contributed by atoms with Crippen LogP contribution in [-0.2, 0) is 9.47 Å². The highest BCUT2D eigenvalue weighted by atomic mass is 16.7. The molecule has 42 heavy (non-hydrogen) atoms. The van der Waals surface area contributed by atoms with Gasteiger partial charge in [-0.3, -0.25) is 0 Å². The van der Waals surface area contributed by atoms with Crippen LogP contribution >= 0.6 is 0 Å². The quantitative estimate of drug-likeness (QED) is 0.0615. The van der Waals surface area contributed by atoms with Gasteiger partial charge in [0.15, 0.2) is 6.29 Å². The summed E-state index contributed by atoms with van der Waals surface area (Å²) in [5.74, 6) is 0. The molecule has 1 aliphatic heterocycles. The topological polar surface area (TPSA) is 99.4 Å². The lowest BCUT2D eigenvalue weighted by Crippen LogP contribution is -2.59. The molecule has 0 saturated carbocycles. The maximum Gasteiger partial charge on any atom is 0.186 e. The van der Waals surface area contributed by atoms with Crippen molar-refractivity contribution in [3.63, 3.8) is 0 Å². The summed E-state index contributed by atoms with van der Waals surface area (Å²) in [6.07, 6.45) is 30.9. The van der Waals surface area contributed by atoms with Crippen LogP contribution in [-0.4, -0.2) is 63.8 Å². The van der Waals surface area contributed by atoms with E-state index in [0.29, 0.717) is 0 Å². The summed E-state index contributed by atoms with van der Waals surface area (Å²) >= 11 is 0. The first-order valence-electron chi connectivity index (χ1n) is 18.5. The second-order valence-electron chi connectivity index (χ2n) is 13.3. The minimum atomic E-state index is -1.38. The van der Waals surface area contributed by atoms with Crippen molar-refractivity contribution in [3.05, 3.63) is 0 Å². The number of hydrogen-bond acceptors (Lipinski definition) is 6. The van der Waals surface area contributed by atoms with Gasteiger partial charge in [-0.1, -0.05) is 174 Å². The molecule has 1 aliphatic rings. The summed E-state index contributed by atoms with van der Waals surface area (Å²) in [7, 11) is 0. The Morgan fingerprint density at radius 1 is 0.500 bits per heavy atom. The molecule has 6 atom stereocenters. The molecule has 0 spiro atoms. The number of aliphatic hydroxyl groups is 4. The van der Waals surface area contributed by atoms with Crippen molar-refractivity contribution in [2.24, 2.45) is 0 Å². The van der Waals surface area contributed by atoms with Gasteiger partial charge in [-0.25, -0.2) is 0 Å². The van der Waals surface area contributed by atoms with E-state index in [1.807, 2.05) is 6.92 Å².